The van der Waals surface area contributed by atoms with Crippen LogP contribution in [0.2, 0.25) is 0 Å². The second kappa shape index (κ2) is 9.28. The summed E-state index contributed by atoms with van der Waals surface area (Å²) in [5.41, 5.74) is 2.58. The van der Waals surface area contributed by atoms with Crippen LogP contribution in [0, 0.1) is 0 Å². The van der Waals surface area contributed by atoms with Crippen LogP contribution in [0.4, 0.5) is 13.2 Å². The molecule has 0 saturated heterocycles. The van der Waals surface area contributed by atoms with Crippen LogP contribution in [0.3, 0.4) is 0 Å². The molecule has 1 unspecified atom stereocenters. The molecular weight excluding hydrogens is 385 g/mol. The molecule has 0 fully saturated rings. The fourth-order valence-electron chi connectivity index (χ4n) is 3.32. The highest BCUT2D eigenvalue weighted by Gasteiger charge is 2.29. The van der Waals surface area contributed by atoms with E-state index in [4.69, 9.17) is 4.74 Å². The van der Waals surface area contributed by atoms with Crippen molar-refractivity contribution in [1.82, 2.24) is 10.6 Å². The fourth-order valence-corrected chi connectivity index (χ4v) is 3.32. The van der Waals surface area contributed by atoms with E-state index >= 15 is 0 Å². The van der Waals surface area contributed by atoms with Crippen molar-refractivity contribution in [2.45, 2.75) is 31.2 Å². The van der Waals surface area contributed by atoms with Gasteiger partial charge in [0.1, 0.15) is 5.75 Å². The molecule has 0 heterocycles. The highest BCUT2D eigenvalue weighted by atomic mass is 19.4. The predicted octanol–water partition coefficient (Wildman–Crippen LogP) is 2.48. The van der Waals surface area contributed by atoms with Crippen molar-refractivity contribution in [2.24, 2.45) is 0 Å². The SMILES string of the molecule is O=C(NCC(O)CNC1Cc2ccccc2C1)c1ccccc1OCC(F)(F)F. The number of hydrogen-bond acceptors (Lipinski definition) is 4. The van der Waals surface area contributed by atoms with Gasteiger partial charge in [0.15, 0.2) is 6.61 Å². The zero-order chi connectivity index (χ0) is 20.9. The van der Waals surface area contributed by atoms with E-state index in [1.54, 1.807) is 0 Å². The molecule has 3 rings (SSSR count). The number of ether oxygens (including phenoxy) is 1. The average molecular weight is 408 g/mol. The van der Waals surface area contributed by atoms with Crippen molar-refractivity contribution in [2.75, 3.05) is 19.7 Å². The third-order valence-corrected chi connectivity index (χ3v) is 4.71. The van der Waals surface area contributed by atoms with Gasteiger partial charge in [0.25, 0.3) is 5.91 Å². The van der Waals surface area contributed by atoms with E-state index in [-0.39, 0.29) is 23.9 Å². The molecule has 1 atom stereocenters. The minimum Gasteiger partial charge on any atom is -0.483 e. The largest absolute Gasteiger partial charge is 0.483 e. The molecule has 29 heavy (non-hydrogen) atoms. The van der Waals surface area contributed by atoms with Crippen LogP contribution < -0.4 is 15.4 Å². The maximum Gasteiger partial charge on any atom is 0.422 e. The van der Waals surface area contributed by atoms with Gasteiger partial charge in [-0.2, -0.15) is 13.2 Å². The summed E-state index contributed by atoms with van der Waals surface area (Å²) in [5.74, 6) is -0.756. The summed E-state index contributed by atoms with van der Waals surface area (Å²) < 4.78 is 41.8. The molecule has 8 heteroatoms. The Morgan fingerprint density at radius 3 is 2.34 bits per heavy atom. The second-order valence-corrected chi connectivity index (χ2v) is 7.05. The van der Waals surface area contributed by atoms with Crippen molar-refractivity contribution < 1.29 is 27.8 Å². The smallest absolute Gasteiger partial charge is 0.422 e. The molecule has 0 bridgehead atoms. The van der Waals surface area contributed by atoms with Crippen molar-refractivity contribution >= 4 is 5.91 Å². The molecule has 1 aliphatic rings. The Morgan fingerprint density at radius 2 is 1.69 bits per heavy atom. The van der Waals surface area contributed by atoms with E-state index < -0.39 is 24.8 Å². The van der Waals surface area contributed by atoms with Gasteiger partial charge in [-0.05, 0) is 36.1 Å². The Bertz CT molecular complexity index is 817. The molecule has 0 radical (unpaired) electrons. The number of para-hydroxylation sites is 1. The van der Waals surface area contributed by atoms with Gasteiger partial charge in [-0.25, -0.2) is 0 Å². The Balaban J connectivity index is 1.45. The van der Waals surface area contributed by atoms with Crippen molar-refractivity contribution in [3.63, 3.8) is 0 Å². The van der Waals surface area contributed by atoms with Crippen molar-refractivity contribution in [3.8, 4) is 5.75 Å². The normalized spacial score (nSPS) is 15.0. The van der Waals surface area contributed by atoms with Crippen LogP contribution in [-0.4, -0.2) is 49.0 Å². The van der Waals surface area contributed by atoms with Crippen LogP contribution in [-0.2, 0) is 12.8 Å². The number of nitrogens with one attached hydrogen (secondary N) is 2. The fraction of sp³-hybridized carbons (Fsp3) is 0.381. The van der Waals surface area contributed by atoms with Gasteiger partial charge in [-0.1, -0.05) is 36.4 Å². The number of amides is 1. The quantitative estimate of drug-likeness (QED) is 0.628. The number of alkyl halides is 3. The third-order valence-electron chi connectivity index (χ3n) is 4.71. The summed E-state index contributed by atoms with van der Waals surface area (Å²) in [5, 5.41) is 16.0. The molecule has 2 aromatic rings. The molecule has 1 aliphatic carbocycles. The van der Waals surface area contributed by atoms with Crippen LogP contribution in [0.5, 0.6) is 5.75 Å². The minimum absolute atomic E-state index is 0.0110. The van der Waals surface area contributed by atoms with Gasteiger partial charge in [-0.3, -0.25) is 4.79 Å². The van der Waals surface area contributed by atoms with Crippen molar-refractivity contribution in [3.05, 3.63) is 65.2 Å². The van der Waals surface area contributed by atoms with Gasteiger partial charge in [0, 0.05) is 19.1 Å². The number of aliphatic hydroxyl groups excluding tert-OH is 1. The summed E-state index contributed by atoms with van der Waals surface area (Å²) in [4.78, 5) is 12.3. The van der Waals surface area contributed by atoms with Crippen LogP contribution in [0.15, 0.2) is 48.5 Å². The molecular formula is C21H23F3N2O3. The zero-order valence-electron chi connectivity index (χ0n) is 15.7. The molecule has 5 nitrogen and oxygen atoms in total. The molecule has 156 valence electrons. The Labute approximate surface area is 166 Å². The second-order valence-electron chi connectivity index (χ2n) is 7.05. The first-order chi connectivity index (χ1) is 13.8. The van der Waals surface area contributed by atoms with E-state index in [0.717, 1.165) is 12.8 Å². The number of benzene rings is 2. The first kappa shape index (κ1) is 21.1. The van der Waals surface area contributed by atoms with E-state index in [1.807, 2.05) is 12.1 Å². The lowest BCUT2D eigenvalue weighted by molar-refractivity contribution is -0.153. The summed E-state index contributed by atoms with van der Waals surface area (Å²) in [6.07, 6.45) is -3.55. The zero-order valence-corrected chi connectivity index (χ0v) is 15.7. The summed E-state index contributed by atoms with van der Waals surface area (Å²) in [6, 6.07) is 14.1. The number of fused-ring (bicyclic) bond motifs is 1. The van der Waals surface area contributed by atoms with Crippen LogP contribution >= 0.6 is 0 Å². The van der Waals surface area contributed by atoms with E-state index in [9.17, 15) is 23.1 Å². The third kappa shape index (κ3) is 6.20. The summed E-state index contributed by atoms with van der Waals surface area (Å²) in [7, 11) is 0. The lowest BCUT2D eigenvalue weighted by Crippen LogP contribution is -2.41. The number of halogens is 3. The number of aliphatic hydroxyl groups is 1. The first-order valence-electron chi connectivity index (χ1n) is 9.37. The monoisotopic (exact) mass is 408 g/mol. The standard InChI is InChI=1S/C21H23F3N2O3/c22-21(23,24)13-29-19-8-4-3-7-18(19)20(28)26-12-17(27)11-25-16-9-14-5-1-2-6-15(14)10-16/h1-8,16-17,25,27H,9-13H2,(H,26,28). The first-order valence-corrected chi connectivity index (χ1v) is 9.37. The van der Waals surface area contributed by atoms with Gasteiger partial charge in [0.2, 0.25) is 0 Å². The predicted molar refractivity (Wildman–Crippen MR) is 102 cm³/mol. The highest BCUT2D eigenvalue weighted by molar-refractivity contribution is 5.96. The molecule has 0 spiro atoms. The molecule has 0 saturated carbocycles. The summed E-state index contributed by atoms with van der Waals surface area (Å²) in [6.45, 7) is -1.21. The molecule has 0 aliphatic heterocycles. The van der Waals surface area contributed by atoms with E-state index in [0.29, 0.717) is 6.54 Å². The Morgan fingerprint density at radius 1 is 1.07 bits per heavy atom. The lowest BCUT2D eigenvalue weighted by atomic mass is 10.1. The van der Waals surface area contributed by atoms with Crippen LogP contribution in [0.1, 0.15) is 21.5 Å². The number of carbonyl (C=O) groups excluding carboxylic acids is 1. The minimum atomic E-state index is -4.49. The van der Waals surface area contributed by atoms with Crippen molar-refractivity contribution in [1.29, 1.82) is 0 Å². The van der Waals surface area contributed by atoms with E-state index in [1.165, 1.54) is 35.4 Å². The molecule has 1 amide bonds. The van der Waals surface area contributed by atoms with Gasteiger partial charge in [0.05, 0.1) is 11.7 Å². The molecule has 3 N–H and O–H groups in total. The van der Waals surface area contributed by atoms with E-state index in [2.05, 4.69) is 22.8 Å². The number of hydrogen-bond donors (Lipinski definition) is 3. The average Bonchev–Trinajstić information content (AvgIpc) is 3.11. The van der Waals surface area contributed by atoms with Gasteiger partial charge in [-0.15, -0.1) is 0 Å². The molecule has 2 aromatic carbocycles. The topological polar surface area (TPSA) is 70.6 Å². The lowest BCUT2D eigenvalue weighted by Gasteiger charge is -2.17. The number of carbonyl (C=O) groups is 1. The van der Waals surface area contributed by atoms with Gasteiger partial charge >= 0.3 is 6.18 Å². The highest BCUT2D eigenvalue weighted by Crippen LogP contribution is 2.23. The maximum absolute atomic E-state index is 12.4. The Hall–Kier alpha value is -2.58. The van der Waals surface area contributed by atoms with Gasteiger partial charge < -0.3 is 20.5 Å². The number of rotatable bonds is 8. The van der Waals surface area contributed by atoms with Crippen LogP contribution in [0.25, 0.3) is 0 Å². The summed E-state index contributed by atoms with van der Waals surface area (Å²) >= 11 is 0. The molecule has 0 aromatic heterocycles. The Kier molecular flexibility index (Phi) is 6.76. The maximum atomic E-state index is 12.4.